The third-order valence-electron chi connectivity index (χ3n) is 2.89. The molecule has 0 spiro atoms. The summed E-state index contributed by atoms with van der Waals surface area (Å²) in [5.74, 6) is 0. The average molecular weight is 219 g/mol. The van der Waals surface area contributed by atoms with Gasteiger partial charge in [0.15, 0.2) is 0 Å². The van der Waals surface area contributed by atoms with Crippen LogP contribution in [0, 0.1) is 0 Å². The Balaban J connectivity index is 1.99. The van der Waals surface area contributed by atoms with Gasteiger partial charge in [0, 0.05) is 24.8 Å². The number of anilines is 1. The fourth-order valence-electron chi connectivity index (χ4n) is 2.17. The topological polar surface area (TPSA) is 58.4 Å². The van der Waals surface area contributed by atoms with E-state index in [1.807, 2.05) is 18.2 Å². The predicted molar refractivity (Wildman–Crippen MR) is 64.4 cm³/mol. The molecule has 1 unspecified atom stereocenters. The second-order valence-corrected chi connectivity index (χ2v) is 4.13. The maximum Gasteiger partial charge on any atom is 0.312 e. The Bertz CT molecular complexity index is 353. The monoisotopic (exact) mass is 219 g/mol. The summed E-state index contributed by atoms with van der Waals surface area (Å²) in [5.41, 5.74) is 6.35. The molecule has 3 N–H and O–H groups in total. The van der Waals surface area contributed by atoms with Crippen LogP contribution in [-0.2, 0) is 0 Å². The number of amides is 2. The highest BCUT2D eigenvalue weighted by Gasteiger charge is 2.20. The summed E-state index contributed by atoms with van der Waals surface area (Å²) in [6.07, 6.45) is 2.09. The molecule has 0 radical (unpaired) electrons. The lowest BCUT2D eigenvalue weighted by Gasteiger charge is -2.34. The van der Waals surface area contributed by atoms with Gasteiger partial charge in [0.05, 0.1) is 0 Å². The fourth-order valence-corrected chi connectivity index (χ4v) is 2.17. The maximum atomic E-state index is 10.8. The largest absolute Gasteiger partial charge is 0.369 e. The number of hydrogen-bond donors (Lipinski definition) is 2. The minimum atomic E-state index is -0.431. The standard InChI is InChI=1S/C12H17N3O/c13-12(16)14-10-5-4-8-15(9-10)11-6-2-1-3-7-11/h1-3,6-7,10H,4-5,8-9H2,(H3,13,14,16). The van der Waals surface area contributed by atoms with Crippen molar-refractivity contribution in [2.24, 2.45) is 5.73 Å². The zero-order valence-corrected chi connectivity index (χ0v) is 9.23. The van der Waals surface area contributed by atoms with E-state index in [0.29, 0.717) is 0 Å². The number of nitrogens with two attached hydrogens (primary N) is 1. The maximum absolute atomic E-state index is 10.8. The van der Waals surface area contributed by atoms with Gasteiger partial charge in [-0.2, -0.15) is 0 Å². The lowest BCUT2D eigenvalue weighted by molar-refractivity contribution is 0.243. The average Bonchev–Trinajstić information content (AvgIpc) is 2.30. The van der Waals surface area contributed by atoms with Crippen LogP contribution in [-0.4, -0.2) is 25.2 Å². The number of rotatable bonds is 2. The van der Waals surface area contributed by atoms with E-state index < -0.39 is 6.03 Å². The molecule has 2 rings (SSSR count). The first-order chi connectivity index (χ1) is 7.75. The first-order valence-electron chi connectivity index (χ1n) is 5.61. The minimum absolute atomic E-state index is 0.173. The molecule has 16 heavy (non-hydrogen) atoms. The molecule has 0 aliphatic carbocycles. The number of primary amides is 1. The van der Waals surface area contributed by atoms with Crippen LogP contribution in [0.1, 0.15) is 12.8 Å². The van der Waals surface area contributed by atoms with E-state index in [1.165, 1.54) is 5.69 Å². The molecule has 4 heteroatoms. The molecule has 0 aromatic heterocycles. The molecule has 1 aromatic carbocycles. The smallest absolute Gasteiger partial charge is 0.312 e. The van der Waals surface area contributed by atoms with Crippen molar-refractivity contribution in [2.75, 3.05) is 18.0 Å². The highest BCUT2D eigenvalue weighted by molar-refractivity contribution is 5.72. The fraction of sp³-hybridized carbons (Fsp3) is 0.417. The van der Waals surface area contributed by atoms with Crippen molar-refractivity contribution >= 4 is 11.7 Å². The second kappa shape index (κ2) is 4.88. The van der Waals surface area contributed by atoms with E-state index in [1.54, 1.807) is 0 Å². The number of benzene rings is 1. The van der Waals surface area contributed by atoms with E-state index >= 15 is 0 Å². The van der Waals surface area contributed by atoms with Crippen LogP contribution in [0.15, 0.2) is 30.3 Å². The van der Waals surface area contributed by atoms with Gasteiger partial charge in [-0.1, -0.05) is 18.2 Å². The van der Waals surface area contributed by atoms with E-state index in [0.717, 1.165) is 25.9 Å². The number of carbonyl (C=O) groups excluding carboxylic acids is 1. The van der Waals surface area contributed by atoms with Crippen molar-refractivity contribution in [1.82, 2.24) is 5.32 Å². The molecule has 4 nitrogen and oxygen atoms in total. The van der Waals surface area contributed by atoms with Crippen LogP contribution in [0.5, 0.6) is 0 Å². The van der Waals surface area contributed by atoms with Gasteiger partial charge in [0.25, 0.3) is 0 Å². The minimum Gasteiger partial charge on any atom is -0.369 e. The zero-order chi connectivity index (χ0) is 11.4. The van der Waals surface area contributed by atoms with Crippen molar-refractivity contribution in [3.63, 3.8) is 0 Å². The van der Waals surface area contributed by atoms with Crippen molar-refractivity contribution in [3.8, 4) is 0 Å². The van der Waals surface area contributed by atoms with E-state index in [4.69, 9.17) is 5.73 Å². The quantitative estimate of drug-likeness (QED) is 0.788. The Morgan fingerprint density at radius 3 is 2.81 bits per heavy atom. The van der Waals surface area contributed by atoms with Crippen LogP contribution >= 0.6 is 0 Å². The first-order valence-corrected chi connectivity index (χ1v) is 5.61. The van der Waals surface area contributed by atoms with Crippen LogP contribution in [0.3, 0.4) is 0 Å². The molecule has 1 aliphatic heterocycles. The van der Waals surface area contributed by atoms with Gasteiger partial charge in [-0.15, -0.1) is 0 Å². The van der Waals surface area contributed by atoms with Gasteiger partial charge >= 0.3 is 6.03 Å². The lowest BCUT2D eigenvalue weighted by Crippen LogP contribution is -2.49. The Morgan fingerprint density at radius 1 is 1.38 bits per heavy atom. The molecule has 1 atom stereocenters. The van der Waals surface area contributed by atoms with E-state index in [-0.39, 0.29) is 6.04 Å². The number of urea groups is 1. The Labute approximate surface area is 95.4 Å². The number of carbonyl (C=O) groups is 1. The molecule has 1 fully saturated rings. The number of nitrogens with zero attached hydrogens (tertiary/aromatic N) is 1. The van der Waals surface area contributed by atoms with Crippen LogP contribution in [0.2, 0.25) is 0 Å². The summed E-state index contributed by atoms with van der Waals surface area (Å²) < 4.78 is 0. The first kappa shape index (κ1) is 10.8. The number of nitrogens with one attached hydrogen (secondary N) is 1. The van der Waals surface area contributed by atoms with Gasteiger partial charge < -0.3 is 16.0 Å². The number of para-hydroxylation sites is 1. The summed E-state index contributed by atoms with van der Waals surface area (Å²) in [7, 11) is 0. The molecule has 1 aromatic rings. The third kappa shape index (κ3) is 2.66. The number of hydrogen-bond acceptors (Lipinski definition) is 2. The predicted octanol–water partition coefficient (Wildman–Crippen LogP) is 1.32. The molecular formula is C12H17N3O. The van der Waals surface area contributed by atoms with E-state index in [9.17, 15) is 4.79 Å². The van der Waals surface area contributed by atoms with Gasteiger partial charge in [0.2, 0.25) is 0 Å². The molecule has 2 amide bonds. The highest BCUT2D eigenvalue weighted by atomic mass is 16.2. The van der Waals surface area contributed by atoms with Crippen molar-refractivity contribution in [1.29, 1.82) is 0 Å². The number of piperidine rings is 1. The summed E-state index contributed by atoms with van der Waals surface area (Å²) in [4.78, 5) is 13.1. The van der Waals surface area contributed by atoms with Gasteiger partial charge in [-0.3, -0.25) is 0 Å². The lowest BCUT2D eigenvalue weighted by atomic mass is 10.1. The SMILES string of the molecule is NC(=O)NC1CCCN(c2ccccc2)C1. The van der Waals surface area contributed by atoms with Crippen LogP contribution in [0.25, 0.3) is 0 Å². The van der Waals surface area contributed by atoms with Gasteiger partial charge in [0.1, 0.15) is 0 Å². The molecule has 1 heterocycles. The normalized spacial score (nSPS) is 20.5. The Morgan fingerprint density at radius 2 is 2.12 bits per heavy atom. The summed E-state index contributed by atoms with van der Waals surface area (Å²) in [6, 6.07) is 9.98. The van der Waals surface area contributed by atoms with Crippen LogP contribution in [0.4, 0.5) is 10.5 Å². The third-order valence-corrected chi connectivity index (χ3v) is 2.89. The van der Waals surface area contributed by atoms with Crippen molar-refractivity contribution in [3.05, 3.63) is 30.3 Å². The molecule has 0 bridgehead atoms. The van der Waals surface area contributed by atoms with Gasteiger partial charge in [-0.25, -0.2) is 4.79 Å². The molecule has 0 saturated carbocycles. The summed E-state index contributed by atoms with van der Waals surface area (Å²) >= 11 is 0. The molecule has 86 valence electrons. The van der Waals surface area contributed by atoms with Crippen LogP contribution < -0.4 is 16.0 Å². The van der Waals surface area contributed by atoms with E-state index in [2.05, 4.69) is 22.3 Å². The zero-order valence-electron chi connectivity index (χ0n) is 9.23. The molecule has 1 saturated heterocycles. The summed E-state index contributed by atoms with van der Waals surface area (Å²) in [5, 5.41) is 2.78. The summed E-state index contributed by atoms with van der Waals surface area (Å²) in [6.45, 7) is 1.88. The Kier molecular flexibility index (Phi) is 3.29. The van der Waals surface area contributed by atoms with Crippen molar-refractivity contribution < 1.29 is 4.79 Å². The van der Waals surface area contributed by atoms with Gasteiger partial charge in [-0.05, 0) is 25.0 Å². The van der Waals surface area contributed by atoms with Crippen molar-refractivity contribution in [2.45, 2.75) is 18.9 Å². The Hall–Kier alpha value is -1.71. The second-order valence-electron chi connectivity index (χ2n) is 4.13. The molecular weight excluding hydrogens is 202 g/mol. The highest BCUT2D eigenvalue weighted by Crippen LogP contribution is 2.19. The molecule has 1 aliphatic rings.